The molecule has 5 aliphatic heterocycles. The first-order chi connectivity index (χ1) is 20.7. The highest BCUT2D eigenvalue weighted by Crippen LogP contribution is 2.64. The molecule has 234 valence electrons. The Morgan fingerprint density at radius 3 is 2.19 bits per heavy atom. The number of benzene rings is 1. The summed E-state index contributed by atoms with van der Waals surface area (Å²) in [6.07, 6.45) is 11.4. The lowest BCUT2D eigenvalue weighted by Crippen LogP contribution is -2.52. The quantitative estimate of drug-likeness (QED) is 0.453. The summed E-state index contributed by atoms with van der Waals surface area (Å²) in [5.74, 6) is 1.16. The number of nitrogens with one attached hydrogen (secondary N) is 1. The van der Waals surface area contributed by atoms with Gasteiger partial charge in [0.1, 0.15) is 0 Å². The molecule has 43 heavy (non-hydrogen) atoms. The SMILES string of the molecule is Cc1cc(C)cc(-c2[nH]c3c(c2CCN2CCN(CC(=O)N4CCC4)CC2)C(CCC2C4CCN2CC4)C(=O)S3(C)C)c1. The second kappa shape index (κ2) is 11.7. The molecule has 7 nitrogen and oxygen atoms in total. The average Bonchev–Trinajstić information content (AvgIpc) is 3.67. The summed E-state index contributed by atoms with van der Waals surface area (Å²) in [7, 11) is -1.55. The number of piperazine rings is 1. The number of H-pyrrole nitrogens is 1. The molecular weight excluding hydrogens is 554 g/mol. The molecule has 0 saturated carbocycles. The van der Waals surface area contributed by atoms with Crippen LogP contribution in [0.3, 0.4) is 0 Å². The van der Waals surface area contributed by atoms with Gasteiger partial charge in [-0.25, -0.2) is 0 Å². The molecule has 7 rings (SSSR count). The van der Waals surface area contributed by atoms with Gasteiger partial charge in [0.25, 0.3) is 0 Å². The number of amides is 1. The highest BCUT2D eigenvalue weighted by Gasteiger charge is 2.47. The van der Waals surface area contributed by atoms with E-state index in [9.17, 15) is 9.59 Å². The molecule has 0 aliphatic carbocycles. The van der Waals surface area contributed by atoms with Crippen LogP contribution >= 0.6 is 10.0 Å². The number of rotatable bonds is 9. The van der Waals surface area contributed by atoms with Crippen molar-refractivity contribution >= 4 is 21.1 Å². The van der Waals surface area contributed by atoms with Crippen molar-refractivity contribution in [3.63, 3.8) is 0 Å². The molecule has 1 amide bonds. The van der Waals surface area contributed by atoms with Crippen LogP contribution in [0.15, 0.2) is 23.2 Å². The minimum Gasteiger partial charge on any atom is -0.350 e. The van der Waals surface area contributed by atoms with Crippen molar-refractivity contribution in [2.75, 3.05) is 78.0 Å². The Morgan fingerprint density at radius 2 is 1.58 bits per heavy atom. The van der Waals surface area contributed by atoms with Crippen LogP contribution in [0.1, 0.15) is 60.3 Å². The number of aryl methyl sites for hydroxylation is 2. The maximum absolute atomic E-state index is 14.1. The summed E-state index contributed by atoms with van der Waals surface area (Å²) in [5, 5.41) is 1.73. The fraction of sp³-hybridized carbons (Fsp3) is 0.657. The Labute approximate surface area is 259 Å². The zero-order chi connectivity index (χ0) is 29.9. The smallest absolute Gasteiger partial charge is 0.236 e. The van der Waals surface area contributed by atoms with Gasteiger partial charge in [0.05, 0.1) is 17.5 Å². The Hall–Kier alpha value is -2.13. The average molecular weight is 606 g/mol. The van der Waals surface area contributed by atoms with Crippen LogP contribution in [0, 0.1) is 19.8 Å². The van der Waals surface area contributed by atoms with Gasteiger partial charge in [0.15, 0.2) is 5.12 Å². The van der Waals surface area contributed by atoms with Gasteiger partial charge in [0.2, 0.25) is 5.91 Å². The summed E-state index contributed by atoms with van der Waals surface area (Å²) in [6.45, 7) is 14.2. The number of hydrogen-bond acceptors (Lipinski definition) is 5. The third-order valence-corrected chi connectivity index (χ3v) is 13.9. The largest absolute Gasteiger partial charge is 0.350 e. The number of hydrogen-bond donors (Lipinski definition) is 1. The summed E-state index contributed by atoms with van der Waals surface area (Å²) in [4.78, 5) is 40.1. The van der Waals surface area contributed by atoms with E-state index in [1.54, 1.807) is 0 Å². The number of aromatic amines is 1. The molecule has 2 atom stereocenters. The lowest BCUT2D eigenvalue weighted by molar-refractivity contribution is -0.136. The van der Waals surface area contributed by atoms with Gasteiger partial charge in [-0.3, -0.25) is 14.5 Å². The van der Waals surface area contributed by atoms with Crippen LogP contribution in [0.2, 0.25) is 0 Å². The fourth-order valence-corrected chi connectivity index (χ4v) is 11.1. The number of carbonyl (C=O) groups excluding carboxylic acids is 2. The van der Waals surface area contributed by atoms with Crippen molar-refractivity contribution in [1.29, 1.82) is 0 Å². The zero-order valence-corrected chi connectivity index (χ0v) is 27.6. The molecule has 0 spiro atoms. The van der Waals surface area contributed by atoms with Crippen LogP contribution in [0.5, 0.6) is 0 Å². The molecule has 5 aliphatic rings. The van der Waals surface area contributed by atoms with Gasteiger partial charge in [-0.1, -0.05) is 17.2 Å². The van der Waals surface area contributed by atoms with Crippen molar-refractivity contribution in [2.24, 2.45) is 5.92 Å². The summed E-state index contributed by atoms with van der Waals surface area (Å²) >= 11 is 0. The molecule has 1 aromatic heterocycles. The summed E-state index contributed by atoms with van der Waals surface area (Å²) < 4.78 is 0. The van der Waals surface area contributed by atoms with Crippen LogP contribution in [-0.2, 0) is 16.0 Å². The maximum Gasteiger partial charge on any atom is 0.236 e. The molecule has 8 heteroatoms. The van der Waals surface area contributed by atoms with Gasteiger partial charge in [-0.15, -0.1) is 10.0 Å². The highest BCUT2D eigenvalue weighted by atomic mass is 32.3. The minimum absolute atomic E-state index is 0.0245. The Kier molecular flexibility index (Phi) is 8.02. The van der Waals surface area contributed by atoms with Gasteiger partial charge in [0, 0.05) is 57.5 Å². The van der Waals surface area contributed by atoms with Crippen molar-refractivity contribution in [1.82, 2.24) is 24.6 Å². The van der Waals surface area contributed by atoms with Crippen LogP contribution in [-0.4, -0.2) is 120 Å². The molecular formula is C35H51N5O2S. The third-order valence-electron chi connectivity index (χ3n) is 11.3. The lowest BCUT2D eigenvalue weighted by Gasteiger charge is -2.37. The monoisotopic (exact) mass is 605 g/mol. The lowest BCUT2D eigenvalue weighted by atomic mass is 9.87. The van der Waals surface area contributed by atoms with E-state index >= 15 is 0 Å². The number of fused-ring (bicyclic) bond motifs is 3. The normalized spacial score (nSPS) is 29.2. The number of piperidine rings is 1. The Balaban J connectivity index is 1.12. The number of nitrogens with zero attached hydrogens (tertiary/aromatic N) is 4. The van der Waals surface area contributed by atoms with Crippen LogP contribution < -0.4 is 0 Å². The zero-order valence-electron chi connectivity index (χ0n) is 26.8. The second-order valence-electron chi connectivity index (χ2n) is 14.4. The number of carbonyl (C=O) groups is 2. The van der Waals surface area contributed by atoms with Crippen LogP contribution in [0.25, 0.3) is 11.3 Å². The summed E-state index contributed by atoms with van der Waals surface area (Å²) in [6, 6.07) is 7.56. The predicted octanol–water partition coefficient (Wildman–Crippen LogP) is 4.61. The molecule has 1 N–H and O–H groups in total. The van der Waals surface area contributed by atoms with E-state index in [-0.39, 0.29) is 5.92 Å². The first-order valence-electron chi connectivity index (χ1n) is 16.8. The van der Waals surface area contributed by atoms with E-state index in [0.29, 0.717) is 23.6 Å². The number of likely N-dealkylation sites (tertiary alicyclic amines) is 1. The first kappa shape index (κ1) is 29.6. The van der Waals surface area contributed by atoms with Gasteiger partial charge >= 0.3 is 0 Å². The predicted molar refractivity (Wildman–Crippen MR) is 176 cm³/mol. The first-order valence-corrected chi connectivity index (χ1v) is 19.2. The van der Waals surface area contributed by atoms with Crippen molar-refractivity contribution < 1.29 is 9.59 Å². The molecule has 6 heterocycles. The molecule has 2 aromatic rings. The van der Waals surface area contributed by atoms with Gasteiger partial charge in [-0.05, 0) is 113 Å². The standard InChI is InChI=1S/C35H51N5O2S/c1-24-20-25(2)22-27(21-24)33-28(10-13-37-16-18-38(19-17-37)23-31(41)40-11-5-12-40)32-29(35(42)43(3,4)34(32)36-33)6-7-30-26-8-14-39(30)15-9-26/h20-22,26,29-30,36H,5-19,23H2,1-4H3. The van der Waals surface area contributed by atoms with E-state index in [1.165, 1.54) is 64.5 Å². The van der Waals surface area contributed by atoms with E-state index in [0.717, 1.165) is 77.4 Å². The minimum atomic E-state index is -1.55. The molecule has 0 radical (unpaired) electrons. The van der Waals surface area contributed by atoms with Crippen molar-refractivity contribution in [3.8, 4) is 11.3 Å². The molecule has 4 saturated heterocycles. The van der Waals surface area contributed by atoms with Crippen LogP contribution in [0.4, 0.5) is 0 Å². The van der Waals surface area contributed by atoms with E-state index in [4.69, 9.17) is 0 Å². The molecule has 2 unspecified atom stereocenters. The topological polar surface area (TPSA) is 62.9 Å². The Morgan fingerprint density at radius 1 is 0.907 bits per heavy atom. The van der Waals surface area contributed by atoms with E-state index in [2.05, 4.69) is 64.2 Å². The second-order valence-corrected chi connectivity index (χ2v) is 17.9. The molecule has 1 aromatic carbocycles. The van der Waals surface area contributed by atoms with Gasteiger partial charge in [-0.2, -0.15) is 0 Å². The van der Waals surface area contributed by atoms with E-state index in [1.807, 2.05) is 4.90 Å². The molecule has 4 fully saturated rings. The maximum atomic E-state index is 14.1. The third kappa shape index (κ3) is 5.51. The van der Waals surface area contributed by atoms with Crippen molar-refractivity contribution in [2.45, 2.75) is 69.4 Å². The summed E-state index contributed by atoms with van der Waals surface area (Å²) in [5.41, 5.74) is 7.82. The fourth-order valence-electron chi connectivity index (χ4n) is 8.75. The van der Waals surface area contributed by atoms with Gasteiger partial charge < -0.3 is 19.7 Å². The number of aromatic nitrogens is 1. The van der Waals surface area contributed by atoms with E-state index < -0.39 is 10.0 Å². The molecule has 2 bridgehead atoms. The highest BCUT2D eigenvalue weighted by molar-refractivity contribution is 8.44. The van der Waals surface area contributed by atoms with Crippen molar-refractivity contribution in [3.05, 3.63) is 40.5 Å². The Bertz CT molecular complexity index is 1350.